The number of likely N-dealkylation sites (tertiary alicyclic amines) is 1. The molecule has 0 radical (unpaired) electrons. The van der Waals surface area contributed by atoms with E-state index in [2.05, 4.69) is 10.6 Å². The molecule has 1 unspecified atom stereocenters. The van der Waals surface area contributed by atoms with Gasteiger partial charge in [-0.1, -0.05) is 51.1 Å². The first kappa shape index (κ1) is 24.9. The molecule has 9 heteroatoms. The monoisotopic (exact) mass is 420 g/mol. The van der Waals surface area contributed by atoms with Gasteiger partial charge >= 0.3 is 12.2 Å². The minimum absolute atomic E-state index is 0.0551. The molecule has 1 saturated heterocycles. The Morgan fingerprint density at radius 3 is 2.53 bits per heavy atom. The first-order valence-corrected chi connectivity index (χ1v) is 10.3. The van der Waals surface area contributed by atoms with Crippen molar-refractivity contribution in [1.82, 2.24) is 15.5 Å². The molecule has 0 spiro atoms. The third kappa shape index (κ3) is 8.10. The number of ether oxygens (including phenoxy) is 2. The van der Waals surface area contributed by atoms with Gasteiger partial charge in [-0.05, 0) is 31.7 Å². The van der Waals surface area contributed by atoms with Gasteiger partial charge in [-0.2, -0.15) is 0 Å². The van der Waals surface area contributed by atoms with E-state index < -0.39 is 24.1 Å². The lowest BCUT2D eigenvalue weighted by Crippen LogP contribution is -2.57. The summed E-state index contributed by atoms with van der Waals surface area (Å²) in [7, 11) is 0. The zero-order valence-corrected chi connectivity index (χ0v) is 18.1. The van der Waals surface area contributed by atoms with E-state index in [9.17, 15) is 14.4 Å². The molecular weight excluding hydrogens is 388 g/mol. The number of guanidine groups is 1. The smallest absolute Gasteiger partial charge is 0.414 e. The van der Waals surface area contributed by atoms with Crippen molar-refractivity contribution in [1.29, 1.82) is 5.41 Å². The molecule has 30 heavy (non-hydrogen) atoms. The number of hydrogen-bond donors (Lipinski definition) is 3. The molecular formula is C21H32N4O5. The van der Waals surface area contributed by atoms with Crippen LogP contribution in [0.1, 0.15) is 52.5 Å². The fraction of sp³-hybridized carbons (Fsp3) is 0.524. The van der Waals surface area contributed by atoms with Crippen molar-refractivity contribution < 1.29 is 23.9 Å². The van der Waals surface area contributed by atoms with Crippen LogP contribution in [0.25, 0.3) is 0 Å². The lowest BCUT2D eigenvalue weighted by atomic mass is 10.1. The molecule has 1 aliphatic heterocycles. The van der Waals surface area contributed by atoms with Crippen molar-refractivity contribution in [2.45, 2.75) is 65.7 Å². The summed E-state index contributed by atoms with van der Waals surface area (Å²) in [6, 6.07) is 8.32. The number of benzene rings is 1. The Morgan fingerprint density at radius 2 is 1.90 bits per heavy atom. The van der Waals surface area contributed by atoms with Gasteiger partial charge in [-0.3, -0.25) is 20.4 Å². The maximum Gasteiger partial charge on any atom is 0.414 e. The molecule has 3 N–H and O–H groups in total. The van der Waals surface area contributed by atoms with Crippen LogP contribution in [-0.2, 0) is 20.9 Å². The molecule has 3 amide bonds. The Morgan fingerprint density at radius 1 is 1.23 bits per heavy atom. The minimum Gasteiger partial charge on any atom is -0.447 e. The number of rotatable bonds is 5. The average Bonchev–Trinajstić information content (AvgIpc) is 2.75. The molecule has 166 valence electrons. The Kier molecular flexibility index (Phi) is 11.0. The standard InChI is InChI=1S/C19H26N4O5.C2H6/c1-3-13(2)28-19(26)21-15-10-7-11-23(16(15)24)17(20)22-18(25)27-12-14-8-5-4-6-9-14;1-2/h4-6,8-9,13,15H,3,7,10-12H2,1-2H3,(H,21,26)(H2,20,22,25);1-2H3/t13?,15-;/m0./s1. The number of piperidine rings is 1. The van der Waals surface area contributed by atoms with Crippen LogP contribution in [0, 0.1) is 5.41 Å². The third-order valence-corrected chi connectivity index (χ3v) is 4.32. The van der Waals surface area contributed by atoms with E-state index in [-0.39, 0.29) is 25.2 Å². The van der Waals surface area contributed by atoms with Crippen LogP contribution in [0.2, 0.25) is 0 Å². The van der Waals surface area contributed by atoms with Gasteiger partial charge in [0.25, 0.3) is 5.91 Å². The SMILES string of the molecule is CC.CCC(C)OC(=O)N[C@H]1CCCN(C(=N)NC(=O)OCc2ccccc2)C1=O. The fourth-order valence-electron chi connectivity index (χ4n) is 2.60. The second-order valence-electron chi connectivity index (χ2n) is 6.49. The number of nitrogens with one attached hydrogen (secondary N) is 3. The highest BCUT2D eigenvalue weighted by Crippen LogP contribution is 2.12. The fourth-order valence-corrected chi connectivity index (χ4v) is 2.60. The van der Waals surface area contributed by atoms with Crippen LogP contribution in [0.15, 0.2) is 30.3 Å². The summed E-state index contributed by atoms with van der Waals surface area (Å²) in [5, 5.41) is 12.8. The molecule has 1 heterocycles. The van der Waals surface area contributed by atoms with Gasteiger partial charge in [0.2, 0.25) is 5.96 Å². The first-order chi connectivity index (χ1) is 14.4. The van der Waals surface area contributed by atoms with E-state index in [4.69, 9.17) is 14.9 Å². The predicted octanol–water partition coefficient (Wildman–Crippen LogP) is 3.39. The van der Waals surface area contributed by atoms with Gasteiger partial charge in [0.05, 0.1) is 0 Å². The van der Waals surface area contributed by atoms with E-state index in [0.717, 1.165) is 10.5 Å². The van der Waals surface area contributed by atoms with E-state index in [0.29, 0.717) is 19.3 Å². The van der Waals surface area contributed by atoms with Gasteiger partial charge in [0, 0.05) is 6.54 Å². The summed E-state index contributed by atoms with van der Waals surface area (Å²) in [5.41, 5.74) is 0.808. The van der Waals surface area contributed by atoms with Crippen molar-refractivity contribution in [2.24, 2.45) is 0 Å². The highest BCUT2D eigenvalue weighted by molar-refractivity contribution is 6.04. The van der Waals surface area contributed by atoms with Crippen LogP contribution < -0.4 is 10.6 Å². The zero-order valence-electron chi connectivity index (χ0n) is 18.1. The van der Waals surface area contributed by atoms with Gasteiger partial charge in [-0.15, -0.1) is 0 Å². The highest BCUT2D eigenvalue weighted by atomic mass is 16.6. The Labute approximate surface area is 177 Å². The van der Waals surface area contributed by atoms with Crippen molar-refractivity contribution in [3.05, 3.63) is 35.9 Å². The molecule has 0 aromatic heterocycles. The molecule has 1 aromatic carbocycles. The van der Waals surface area contributed by atoms with Crippen LogP contribution in [-0.4, -0.2) is 47.6 Å². The largest absolute Gasteiger partial charge is 0.447 e. The highest BCUT2D eigenvalue weighted by Gasteiger charge is 2.33. The van der Waals surface area contributed by atoms with Gasteiger partial charge in [0.1, 0.15) is 18.8 Å². The second-order valence-corrected chi connectivity index (χ2v) is 6.49. The molecule has 1 aliphatic rings. The summed E-state index contributed by atoms with van der Waals surface area (Å²) in [4.78, 5) is 37.4. The topological polar surface area (TPSA) is 121 Å². The van der Waals surface area contributed by atoms with E-state index in [1.165, 1.54) is 0 Å². The van der Waals surface area contributed by atoms with Crippen LogP contribution in [0.3, 0.4) is 0 Å². The van der Waals surface area contributed by atoms with Gasteiger partial charge in [0.15, 0.2) is 0 Å². The number of carbonyl (C=O) groups excluding carboxylic acids is 3. The molecule has 1 fully saturated rings. The maximum absolute atomic E-state index is 12.5. The molecule has 9 nitrogen and oxygen atoms in total. The summed E-state index contributed by atoms with van der Waals surface area (Å²) in [5.74, 6) is -0.856. The summed E-state index contributed by atoms with van der Waals surface area (Å²) in [6.07, 6.45) is -0.0733. The third-order valence-electron chi connectivity index (χ3n) is 4.32. The Balaban J connectivity index is 0.00000218. The first-order valence-electron chi connectivity index (χ1n) is 10.3. The van der Waals surface area contributed by atoms with Crippen LogP contribution >= 0.6 is 0 Å². The maximum atomic E-state index is 12.5. The molecule has 0 aliphatic carbocycles. The molecule has 1 aromatic rings. The number of hydrogen-bond acceptors (Lipinski definition) is 6. The average molecular weight is 421 g/mol. The summed E-state index contributed by atoms with van der Waals surface area (Å²) < 4.78 is 10.2. The van der Waals surface area contributed by atoms with Crippen molar-refractivity contribution in [3.63, 3.8) is 0 Å². The Bertz CT molecular complexity index is 711. The molecule has 2 rings (SSSR count). The summed E-state index contributed by atoms with van der Waals surface area (Å²) >= 11 is 0. The van der Waals surface area contributed by atoms with E-state index in [1.807, 2.05) is 51.1 Å². The number of carbonyl (C=O) groups is 3. The zero-order chi connectivity index (χ0) is 22.5. The van der Waals surface area contributed by atoms with E-state index in [1.54, 1.807) is 6.92 Å². The normalized spacial score (nSPS) is 16.5. The summed E-state index contributed by atoms with van der Waals surface area (Å²) in [6.45, 7) is 7.97. The number of nitrogens with zero attached hydrogens (tertiary/aromatic N) is 1. The molecule has 0 bridgehead atoms. The quantitative estimate of drug-likeness (QED) is 0.498. The lowest BCUT2D eigenvalue weighted by Gasteiger charge is -2.32. The van der Waals surface area contributed by atoms with Gasteiger partial charge < -0.3 is 14.8 Å². The Hall–Kier alpha value is -3.10. The number of amides is 3. The van der Waals surface area contributed by atoms with Crippen molar-refractivity contribution in [3.8, 4) is 0 Å². The molecule has 2 atom stereocenters. The van der Waals surface area contributed by atoms with Crippen molar-refractivity contribution in [2.75, 3.05) is 6.54 Å². The van der Waals surface area contributed by atoms with E-state index >= 15 is 0 Å². The minimum atomic E-state index is -0.826. The van der Waals surface area contributed by atoms with Gasteiger partial charge in [-0.25, -0.2) is 9.59 Å². The van der Waals surface area contributed by atoms with Crippen LogP contribution in [0.5, 0.6) is 0 Å². The number of alkyl carbamates (subject to hydrolysis) is 2. The van der Waals surface area contributed by atoms with Crippen molar-refractivity contribution >= 4 is 24.1 Å². The van der Waals surface area contributed by atoms with Crippen LogP contribution in [0.4, 0.5) is 9.59 Å². The second kappa shape index (κ2) is 13.2. The predicted molar refractivity (Wildman–Crippen MR) is 113 cm³/mol. The lowest BCUT2D eigenvalue weighted by molar-refractivity contribution is -0.131. The molecule has 0 saturated carbocycles.